The molecule has 133 valence electrons. The first kappa shape index (κ1) is 22.7. The largest absolute Gasteiger partial charge is 0 e. The Morgan fingerprint density at radius 3 is 2.15 bits per heavy atom. The number of aliphatic hydroxyl groups is 1. The maximum Gasteiger partial charge on any atom is 0 e. The molecule has 7 heteroatoms. The van der Waals surface area contributed by atoms with Gasteiger partial charge in [-0.1, -0.05) is 23.4 Å². The van der Waals surface area contributed by atoms with Crippen LogP contribution in [0.25, 0.3) is 5.32 Å². The van der Waals surface area contributed by atoms with E-state index in [0.29, 0.717) is 5.69 Å². The van der Waals surface area contributed by atoms with E-state index in [1.165, 1.54) is 10.5 Å². The summed E-state index contributed by atoms with van der Waals surface area (Å²) in [5.74, 6) is -0.849. The molecule has 0 atom stereocenters. The molecule has 0 saturated carbocycles. The fourth-order valence-corrected chi connectivity index (χ4v) is 2.43. The third-order valence-corrected chi connectivity index (χ3v) is 3.89. The molecule has 1 aliphatic heterocycles. The number of benzene rings is 2. The SMILES string of the molecule is Cc1ccc(N2C(=O)C=C([N-]CCO)C2=O)cc1.[Se]c1ccccc1.[U]. The Labute approximate surface area is 185 Å². The molecule has 0 aromatic heterocycles. The average Bonchev–Trinajstić information content (AvgIpc) is 2.89. The van der Waals surface area contributed by atoms with Gasteiger partial charge in [0.1, 0.15) is 0 Å². The summed E-state index contributed by atoms with van der Waals surface area (Å²) in [6.07, 6.45) is 1.19. The second-order valence-electron chi connectivity index (χ2n) is 5.26. The Morgan fingerprint density at radius 2 is 1.65 bits per heavy atom. The van der Waals surface area contributed by atoms with Gasteiger partial charge in [-0.2, -0.15) is 0 Å². The Bertz CT molecular complexity index is 764. The van der Waals surface area contributed by atoms with Crippen molar-refractivity contribution in [2.45, 2.75) is 6.92 Å². The zero-order chi connectivity index (χ0) is 18.2. The molecule has 0 fully saturated rings. The molecule has 1 aliphatic rings. The summed E-state index contributed by atoms with van der Waals surface area (Å²) in [7, 11) is 0. The summed E-state index contributed by atoms with van der Waals surface area (Å²) >= 11 is 2.90. The van der Waals surface area contributed by atoms with E-state index in [2.05, 4.69) is 21.3 Å². The summed E-state index contributed by atoms with van der Waals surface area (Å²) in [6, 6.07) is 17.2. The maximum absolute atomic E-state index is 12.0. The minimum Gasteiger partial charge on any atom is 0 e. The molecule has 1 N–H and O–H groups in total. The van der Waals surface area contributed by atoms with Gasteiger partial charge in [-0.15, -0.1) is 6.54 Å². The zero-order valence-corrected chi connectivity index (χ0v) is 20.1. The number of imide groups is 1. The third kappa shape index (κ3) is 6.43. The number of anilines is 1. The van der Waals surface area contributed by atoms with Gasteiger partial charge in [0.05, 0.1) is 5.69 Å². The number of amides is 2. The van der Waals surface area contributed by atoms with Crippen LogP contribution in [-0.4, -0.2) is 46.1 Å². The van der Waals surface area contributed by atoms with Crippen molar-refractivity contribution in [1.29, 1.82) is 0 Å². The van der Waals surface area contributed by atoms with E-state index in [0.717, 1.165) is 10.5 Å². The van der Waals surface area contributed by atoms with Crippen molar-refractivity contribution < 1.29 is 45.8 Å². The van der Waals surface area contributed by atoms with Crippen LogP contribution in [0.4, 0.5) is 5.69 Å². The number of aryl methyl sites for hydroxylation is 1. The molecular weight excluding hydrogens is 621 g/mol. The Morgan fingerprint density at radius 1 is 1.04 bits per heavy atom. The number of hydrogen-bond donors (Lipinski definition) is 1. The molecule has 0 bridgehead atoms. The van der Waals surface area contributed by atoms with Crippen molar-refractivity contribution in [3.8, 4) is 0 Å². The van der Waals surface area contributed by atoms with Crippen LogP contribution in [0.3, 0.4) is 0 Å². The smallest absolute Gasteiger partial charge is 0 e. The molecular formula is C19H18N2O3SeU-. The van der Waals surface area contributed by atoms with Gasteiger partial charge in [-0.3, -0.25) is 9.59 Å². The van der Waals surface area contributed by atoms with Crippen LogP contribution in [0.5, 0.6) is 0 Å². The predicted molar refractivity (Wildman–Crippen MR) is 98.9 cm³/mol. The second-order valence-corrected chi connectivity index (χ2v) is 6.25. The third-order valence-electron chi connectivity index (χ3n) is 3.32. The fourth-order valence-electron chi connectivity index (χ4n) is 2.10. The van der Waals surface area contributed by atoms with Crippen molar-refractivity contribution in [3.05, 3.63) is 77.3 Å². The molecule has 5 nitrogen and oxygen atoms in total. The molecule has 0 unspecified atom stereocenters. The minimum absolute atomic E-state index is 0. The summed E-state index contributed by atoms with van der Waals surface area (Å²) in [5.41, 5.74) is 1.67. The molecule has 0 saturated heterocycles. The van der Waals surface area contributed by atoms with E-state index in [-0.39, 0.29) is 50.0 Å². The summed E-state index contributed by atoms with van der Waals surface area (Å²) in [4.78, 5) is 24.8. The van der Waals surface area contributed by atoms with Crippen LogP contribution in [-0.2, 0) is 9.59 Å². The van der Waals surface area contributed by atoms with Gasteiger partial charge in [0.15, 0.2) is 0 Å². The number of rotatable bonds is 4. The van der Waals surface area contributed by atoms with E-state index in [1.807, 2.05) is 49.4 Å². The maximum atomic E-state index is 12.0. The molecule has 2 aromatic carbocycles. The average molecular weight is 639 g/mol. The molecule has 2 amide bonds. The van der Waals surface area contributed by atoms with E-state index in [9.17, 15) is 9.59 Å². The number of carbonyl (C=O) groups is 2. The molecule has 3 rings (SSSR count). The second kappa shape index (κ2) is 11.4. The molecule has 0 spiro atoms. The van der Waals surface area contributed by atoms with Crippen LogP contribution in [0.2, 0.25) is 0 Å². The Hall–Kier alpha value is -1.35. The van der Waals surface area contributed by atoms with Gasteiger partial charge in [0, 0.05) is 37.7 Å². The number of carbonyl (C=O) groups excluding carboxylic acids is 2. The number of hydrogen-bond acceptors (Lipinski definition) is 3. The summed E-state index contributed by atoms with van der Waals surface area (Å²) in [6.45, 7) is 1.90. The van der Waals surface area contributed by atoms with E-state index >= 15 is 0 Å². The van der Waals surface area contributed by atoms with Crippen LogP contribution in [0.15, 0.2) is 66.4 Å². The van der Waals surface area contributed by atoms with E-state index in [4.69, 9.17) is 5.11 Å². The van der Waals surface area contributed by atoms with Gasteiger partial charge in [0.25, 0.3) is 5.91 Å². The van der Waals surface area contributed by atoms with Crippen LogP contribution >= 0.6 is 0 Å². The standard InChI is InChI=1S/C13H14N2O3.C6H5Se.U/c1-9-2-4-10(5-3-9)15-12(17)8-11(13(15)18)14-6-7-16;7-6-4-2-1-3-5-6;/h2-5,8,16H,6-7H2,1H3,(H,14,17);1-5H;/p-1. The van der Waals surface area contributed by atoms with E-state index in [1.54, 1.807) is 12.1 Å². The van der Waals surface area contributed by atoms with Gasteiger partial charge in [-0.05, 0) is 25.1 Å². The van der Waals surface area contributed by atoms with Crippen molar-refractivity contribution >= 4 is 38.0 Å². The Balaban J connectivity index is 0.000000357. The molecule has 1 heterocycles. The normalized spacial score (nSPS) is 12.7. The molecule has 1 radical (unpaired) electrons. The van der Waals surface area contributed by atoms with Crippen molar-refractivity contribution in [2.24, 2.45) is 0 Å². The minimum atomic E-state index is -0.447. The first-order valence-corrected chi connectivity index (χ1v) is 8.56. The van der Waals surface area contributed by atoms with Crippen molar-refractivity contribution in [3.63, 3.8) is 0 Å². The first-order valence-electron chi connectivity index (χ1n) is 7.70. The van der Waals surface area contributed by atoms with Gasteiger partial charge >= 0.3 is 50.8 Å². The van der Waals surface area contributed by atoms with Gasteiger partial charge < -0.3 is 10.4 Å². The van der Waals surface area contributed by atoms with Crippen LogP contribution < -0.4 is 9.36 Å². The summed E-state index contributed by atoms with van der Waals surface area (Å²) in [5, 5.41) is 12.5. The predicted octanol–water partition coefficient (Wildman–Crippen LogP) is 1.60. The topological polar surface area (TPSA) is 71.7 Å². The van der Waals surface area contributed by atoms with Crippen molar-refractivity contribution in [2.75, 3.05) is 18.1 Å². The number of nitrogens with zero attached hydrogens (tertiary/aromatic N) is 2. The van der Waals surface area contributed by atoms with E-state index < -0.39 is 11.8 Å². The molecule has 0 aliphatic carbocycles. The first-order chi connectivity index (χ1) is 12.0. The van der Waals surface area contributed by atoms with Crippen LogP contribution in [0.1, 0.15) is 5.56 Å². The Kier molecular flexibility index (Phi) is 9.93. The summed E-state index contributed by atoms with van der Waals surface area (Å²) < 4.78 is 1.20. The molecule has 2 aromatic rings. The molecule has 26 heavy (non-hydrogen) atoms. The fraction of sp³-hybridized carbons (Fsp3) is 0.158. The van der Waals surface area contributed by atoms with Gasteiger partial charge in [-0.25, -0.2) is 4.90 Å². The monoisotopic (exact) mass is 640 g/mol. The van der Waals surface area contributed by atoms with Crippen LogP contribution in [0, 0.1) is 38.0 Å². The number of aliphatic hydroxyl groups excluding tert-OH is 1. The van der Waals surface area contributed by atoms with Gasteiger partial charge in [0.2, 0.25) is 5.91 Å². The quantitative estimate of drug-likeness (QED) is 0.409. The van der Waals surface area contributed by atoms with Crippen molar-refractivity contribution in [1.82, 2.24) is 0 Å². The zero-order valence-electron chi connectivity index (χ0n) is 14.3.